The van der Waals surface area contributed by atoms with Gasteiger partial charge in [0.25, 0.3) is 5.91 Å². The van der Waals surface area contributed by atoms with E-state index in [1.807, 2.05) is 50.4 Å². The summed E-state index contributed by atoms with van der Waals surface area (Å²) in [4.78, 5) is 16.8. The Balaban J connectivity index is 1.40. The van der Waals surface area contributed by atoms with E-state index in [9.17, 15) is 4.79 Å². The molecule has 0 saturated heterocycles. The molecule has 0 bridgehead atoms. The number of rotatable bonds is 5. The van der Waals surface area contributed by atoms with E-state index in [0.29, 0.717) is 22.9 Å². The Morgan fingerprint density at radius 3 is 2.55 bits per heavy atom. The van der Waals surface area contributed by atoms with E-state index in [-0.39, 0.29) is 5.91 Å². The third-order valence-corrected chi connectivity index (χ3v) is 4.67. The van der Waals surface area contributed by atoms with Gasteiger partial charge in [0.2, 0.25) is 0 Å². The van der Waals surface area contributed by atoms with Gasteiger partial charge in [-0.05, 0) is 56.3 Å². The maximum atomic E-state index is 12.4. The highest BCUT2D eigenvalue weighted by Crippen LogP contribution is 2.14. The lowest BCUT2D eigenvalue weighted by Gasteiger charge is -2.06. The number of aromatic nitrogens is 5. The van der Waals surface area contributed by atoms with Crippen LogP contribution in [0.1, 0.15) is 27.3 Å². The van der Waals surface area contributed by atoms with Crippen LogP contribution >= 0.6 is 11.6 Å². The van der Waals surface area contributed by atoms with E-state index in [1.165, 1.54) is 0 Å². The average Bonchev–Trinajstić information content (AvgIpc) is 3.33. The molecule has 0 aliphatic rings. The van der Waals surface area contributed by atoms with Crippen molar-refractivity contribution in [2.24, 2.45) is 0 Å². The van der Waals surface area contributed by atoms with Gasteiger partial charge in [-0.3, -0.25) is 4.79 Å². The molecule has 0 aliphatic heterocycles. The van der Waals surface area contributed by atoms with Gasteiger partial charge in [0, 0.05) is 35.2 Å². The fourth-order valence-electron chi connectivity index (χ4n) is 2.98. The molecule has 1 amide bonds. The summed E-state index contributed by atoms with van der Waals surface area (Å²) in [5.41, 5.74) is 4.19. The van der Waals surface area contributed by atoms with E-state index < -0.39 is 0 Å². The summed E-state index contributed by atoms with van der Waals surface area (Å²) in [6.07, 6.45) is 5.14. The van der Waals surface area contributed by atoms with Crippen molar-refractivity contribution >= 4 is 17.5 Å². The number of amides is 1. The van der Waals surface area contributed by atoms with Crippen LogP contribution in [0, 0.1) is 13.8 Å². The highest BCUT2D eigenvalue weighted by molar-refractivity contribution is 6.30. The Morgan fingerprint density at radius 1 is 1.10 bits per heavy atom. The van der Waals surface area contributed by atoms with Crippen LogP contribution in [0.5, 0.6) is 0 Å². The van der Waals surface area contributed by atoms with Crippen molar-refractivity contribution in [3.05, 3.63) is 88.6 Å². The Hall–Kier alpha value is -3.45. The lowest BCUT2D eigenvalue weighted by Crippen LogP contribution is -2.22. The molecule has 1 aromatic carbocycles. The van der Waals surface area contributed by atoms with Crippen LogP contribution in [-0.2, 0) is 6.54 Å². The summed E-state index contributed by atoms with van der Waals surface area (Å²) in [7, 11) is 0. The minimum absolute atomic E-state index is 0.198. The molecule has 1 N–H and O–H groups in total. The van der Waals surface area contributed by atoms with Crippen LogP contribution in [0.4, 0.5) is 0 Å². The highest BCUT2D eigenvalue weighted by Gasteiger charge is 2.10. The van der Waals surface area contributed by atoms with E-state index >= 15 is 0 Å². The normalized spacial score (nSPS) is 10.9. The molecule has 8 heteroatoms. The van der Waals surface area contributed by atoms with Crippen LogP contribution in [0.3, 0.4) is 0 Å². The molecule has 0 unspecified atom stereocenters. The number of aryl methyl sites for hydroxylation is 2. The lowest BCUT2D eigenvalue weighted by atomic mass is 10.2. The average molecular weight is 407 g/mol. The maximum Gasteiger partial charge on any atom is 0.253 e. The van der Waals surface area contributed by atoms with Gasteiger partial charge in [-0.15, -0.1) is 0 Å². The topological polar surface area (TPSA) is 77.6 Å². The minimum Gasteiger partial charge on any atom is -0.348 e. The molecular weight excluding hydrogens is 388 g/mol. The molecule has 0 saturated carbocycles. The predicted molar refractivity (Wildman–Crippen MR) is 111 cm³/mol. The van der Waals surface area contributed by atoms with Crippen molar-refractivity contribution in [2.45, 2.75) is 20.4 Å². The van der Waals surface area contributed by atoms with E-state index in [2.05, 4.69) is 20.5 Å². The Labute approximate surface area is 173 Å². The summed E-state index contributed by atoms with van der Waals surface area (Å²) in [6.45, 7) is 4.26. The third kappa shape index (κ3) is 4.20. The molecule has 4 rings (SSSR count). The second kappa shape index (κ2) is 7.89. The van der Waals surface area contributed by atoms with E-state index in [4.69, 9.17) is 11.6 Å². The summed E-state index contributed by atoms with van der Waals surface area (Å²) < 4.78 is 3.49. The number of carbonyl (C=O) groups is 1. The lowest BCUT2D eigenvalue weighted by molar-refractivity contribution is 0.0950. The Kier molecular flexibility index (Phi) is 5.14. The highest BCUT2D eigenvalue weighted by atomic mass is 35.5. The van der Waals surface area contributed by atoms with Gasteiger partial charge in [-0.25, -0.2) is 14.3 Å². The number of pyridine rings is 1. The van der Waals surface area contributed by atoms with Crippen LogP contribution in [-0.4, -0.2) is 30.5 Å². The number of carbonyl (C=O) groups excluding carboxylic acids is 1. The van der Waals surface area contributed by atoms with Crippen LogP contribution in [0.25, 0.3) is 11.5 Å². The summed E-state index contributed by atoms with van der Waals surface area (Å²) in [6, 6.07) is 12.9. The number of hydrogen-bond acceptors (Lipinski definition) is 4. The molecule has 0 spiro atoms. The van der Waals surface area contributed by atoms with Gasteiger partial charge in [0.15, 0.2) is 5.82 Å². The molecule has 0 atom stereocenters. The maximum absolute atomic E-state index is 12.4. The second-order valence-electron chi connectivity index (χ2n) is 6.70. The molecule has 3 aromatic heterocycles. The summed E-state index contributed by atoms with van der Waals surface area (Å²) >= 11 is 5.91. The van der Waals surface area contributed by atoms with E-state index in [1.54, 1.807) is 33.9 Å². The Morgan fingerprint density at radius 2 is 1.90 bits per heavy atom. The van der Waals surface area contributed by atoms with Crippen LogP contribution in [0.15, 0.2) is 61.1 Å². The van der Waals surface area contributed by atoms with Crippen LogP contribution in [0.2, 0.25) is 5.02 Å². The van der Waals surface area contributed by atoms with Gasteiger partial charge < -0.3 is 5.32 Å². The largest absolute Gasteiger partial charge is 0.348 e. The molecule has 0 fully saturated rings. The monoisotopic (exact) mass is 406 g/mol. The zero-order valence-electron chi connectivity index (χ0n) is 16.0. The first-order valence-corrected chi connectivity index (χ1v) is 9.45. The number of hydrogen-bond donors (Lipinski definition) is 1. The first-order chi connectivity index (χ1) is 14.0. The van der Waals surface area contributed by atoms with Gasteiger partial charge in [-0.1, -0.05) is 11.6 Å². The minimum atomic E-state index is -0.198. The number of nitrogens with one attached hydrogen (secondary N) is 1. The van der Waals surface area contributed by atoms with Crippen LogP contribution < -0.4 is 5.32 Å². The molecule has 7 nitrogen and oxygen atoms in total. The number of halogens is 1. The number of nitrogens with zero attached hydrogens (tertiary/aromatic N) is 5. The molecular formula is C21H19ClN6O. The van der Waals surface area contributed by atoms with Crippen molar-refractivity contribution < 1.29 is 4.79 Å². The zero-order valence-corrected chi connectivity index (χ0v) is 16.8. The first-order valence-electron chi connectivity index (χ1n) is 9.07. The SMILES string of the molecule is Cc1cc(C)n(-c2ccc(C(=O)NCc3cnn(-c4ccc(Cl)cc4)c3)cn2)n1. The van der Waals surface area contributed by atoms with Crippen molar-refractivity contribution in [1.29, 1.82) is 0 Å². The molecule has 29 heavy (non-hydrogen) atoms. The molecule has 4 aromatic rings. The predicted octanol–water partition coefficient (Wildman–Crippen LogP) is 3.65. The Bertz CT molecular complexity index is 1140. The standard InChI is InChI=1S/C21H19ClN6O/c1-14-9-15(2)28(26-14)20-8-3-17(12-23-20)21(29)24-10-16-11-25-27(13-16)19-6-4-18(22)5-7-19/h3-9,11-13H,10H2,1-2H3,(H,24,29). The smallest absolute Gasteiger partial charge is 0.253 e. The van der Waals surface area contributed by atoms with Crippen molar-refractivity contribution in [1.82, 2.24) is 29.9 Å². The number of benzene rings is 1. The fraction of sp³-hybridized carbons (Fsp3) is 0.143. The third-order valence-electron chi connectivity index (χ3n) is 4.42. The zero-order chi connectivity index (χ0) is 20.4. The molecule has 0 aliphatic carbocycles. The summed E-state index contributed by atoms with van der Waals surface area (Å²) in [5, 5.41) is 12.3. The van der Waals surface area contributed by atoms with Gasteiger partial charge in [0.1, 0.15) is 0 Å². The second-order valence-corrected chi connectivity index (χ2v) is 7.13. The van der Waals surface area contributed by atoms with Gasteiger partial charge in [0.05, 0.1) is 23.1 Å². The first kappa shape index (κ1) is 18.9. The van der Waals surface area contributed by atoms with Crippen molar-refractivity contribution in [2.75, 3.05) is 0 Å². The molecule has 0 radical (unpaired) electrons. The molecule has 3 heterocycles. The molecule has 146 valence electrons. The fourth-order valence-corrected chi connectivity index (χ4v) is 3.10. The van der Waals surface area contributed by atoms with Gasteiger partial charge >= 0.3 is 0 Å². The van der Waals surface area contributed by atoms with Crippen molar-refractivity contribution in [3.63, 3.8) is 0 Å². The van der Waals surface area contributed by atoms with E-state index in [0.717, 1.165) is 22.6 Å². The quantitative estimate of drug-likeness (QED) is 0.548. The van der Waals surface area contributed by atoms with Gasteiger partial charge in [-0.2, -0.15) is 10.2 Å². The summed E-state index contributed by atoms with van der Waals surface area (Å²) in [5.74, 6) is 0.480. The van der Waals surface area contributed by atoms with Crippen molar-refractivity contribution in [3.8, 4) is 11.5 Å².